The third kappa shape index (κ3) is 3.49. The fourth-order valence-corrected chi connectivity index (χ4v) is 4.34. The van der Waals surface area contributed by atoms with Gasteiger partial charge in [-0.05, 0) is 24.6 Å². The fraction of sp³-hybridized carbons (Fsp3) is 0.261. The highest BCUT2D eigenvalue weighted by atomic mass is 19.3. The summed E-state index contributed by atoms with van der Waals surface area (Å²) in [5.74, 6) is -1.16. The molecule has 5 aromatic rings. The van der Waals surface area contributed by atoms with E-state index in [9.17, 15) is 13.6 Å². The quantitative estimate of drug-likeness (QED) is 0.414. The van der Waals surface area contributed by atoms with E-state index >= 15 is 0 Å². The van der Waals surface area contributed by atoms with E-state index in [1.807, 2.05) is 19.1 Å². The van der Waals surface area contributed by atoms with E-state index in [0.717, 1.165) is 11.3 Å². The van der Waals surface area contributed by atoms with Crippen LogP contribution in [0.3, 0.4) is 0 Å². The SMILES string of the molecule is Cc1ccc2oc([C@@H]3c4nc[nH]c4CCN3C(=O)c3oc(-c4cnn(C)c4)nc3C(F)F)nc2c1. The largest absolute Gasteiger partial charge is 0.438 e. The van der Waals surface area contributed by atoms with E-state index in [4.69, 9.17) is 8.83 Å². The van der Waals surface area contributed by atoms with E-state index in [1.165, 1.54) is 22.1 Å². The molecule has 35 heavy (non-hydrogen) atoms. The number of benzene rings is 1. The van der Waals surface area contributed by atoms with Crippen LogP contribution < -0.4 is 0 Å². The summed E-state index contributed by atoms with van der Waals surface area (Å²) in [6.45, 7) is 2.15. The molecule has 6 rings (SSSR count). The molecule has 178 valence electrons. The smallest absolute Gasteiger partial charge is 0.292 e. The van der Waals surface area contributed by atoms with Crippen molar-refractivity contribution in [3.63, 3.8) is 0 Å². The summed E-state index contributed by atoms with van der Waals surface area (Å²) < 4.78 is 40.9. The van der Waals surface area contributed by atoms with Crippen LogP contribution in [-0.4, -0.2) is 47.1 Å². The van der Waals surface area contributed by atoms with Crippen molar-refractivity contribution >= 4 is 17.0 Å². The van der Waals surface area contributed by atoms with Crippen LogP contribution in [0.2, 0.25) is 0 Å². The number of amides is 1. The van der Waals surface area contributed by atoms with Gasteiger partial charge in [-0.1, -0.05) is 6.07 Å². The Labute approximate surface area is 196 Å². The van der Waals surface area contributed by atoms with Crippen LogP contribution >= 0.6 is 0 Å². The van der Waals surface area contributed by atoms with Gasteiger partial charge in [-0.2, -0.15) is 5.10 Å². The molecule has 0 radical (unpaired) electrons. The fourth-order valence-electron chi connectivity index (χ4n) is 4.34. The molecule has 5 heterocycles. The normalized spacial score (nSPS) is 15.8. The van der Waals surface area contributed by atoms with Crippen LogP contribution in [-0.2, 0) is 13.5 Å². The number of aromatic amines is 1. The number of aryl methyl sites for hydroxylation is 2. The molecular weight excluding hydrogens is 460 g/mol. The third-order valence-corrected chi connectivity index (χ3v) is 5.99. The predicted molar refractivity (Wildman–Crippen MR) is 118 cm³/mol. The van der Waals surface area contributed by atoms with Crippen molar-refractivity contribution in [1.82, 2.24) is 34.6 Å². The number of H-pyrrole nitrogens is 1. The monoisotopic (exact) mass is 479 g/mol. The zero-order valence-corrected chi connectivity index (χ0v) is 18.7. The maximum Gasteiger partial charge on any atom is 0.292 e. The molecule has 10 nitrogen and oxygen atoms in total. The molecule has 0 fully saturated rings. The summed E-state index contributed by atoms with van der Waals surface area (Å²) in [5.41, 5.74) is 3.19. The van der Waals surface area contributed by atoms with Gasteiger partial charge in [0.15, 0.2) is 17.3 Å². The van der Waals surface area contributed by atoms with Gasteiger partial charge in [-0.3, -0.25) is 9.48 Å². The first-order valence-corrected chi connectivity index (χ1v) is 10.9. The number of imidazole rings is 1. The second kappa shape index (κ2) is 7.86. The van der Waals surface area contributed by atoms with Crippen LogP contribution in [0.5, 0.6) is 0 Å². The molecule has 0 bridgehead atoms. The van der Waals surface area contributed by atoms with Crippen molar-refractivity contribution in [2.75, 3.05) is 6.54 Å². The maximum absolute atomic E-state index is 13.9. The number of oxazole rings is 2. The van der Waals surface area contributed by atoms with E-state index in [2.05, 4.69) is 25.0 Å². The molecular formula is C23H19F2N7O3. The first-order valence-electron chi connectivity index (χ1n) is 10.9. The van der Waals surface area contributed by atoms with Gasteiger partial charge in [0.05, 0.1) is 23.8 Å². The number of nitrogens with one attached hydrogen (secondary N) is 1. The van der Waals surface area contributed by atoms with Crippen molar-refractivity contribution in [1.29, 1.82) is 0 Å². The number of hydrogen-bond acceptors (Lipinski definition) is 7. The predicted octanol–water partition coefficient (Wildman–Crippen LogP) is 3.97. The number of fused-ring (bicyclic) bond motifs is 2. The molecule has 1 amide bonds. The number of aromatic nitrogens is 6. The van der Waals surface area contributed by atoms with E-state index in [-0.39, 0.29) is 18.3 Å². The molecule has 1 aliphatic heterocycles. The Kier molecular flexibility index (Phi) is 4.76. The molecule has 1 aliphatic rings. The van der Waals surface area contributed by atoms with Crippen molar-refractivity contribution in [2.24, 2.45) is 7.05 Å². The molecule has 1 atom stereocenters. The Hall–Kier alpha value is -4.35. The lowest BCUT2D eigenvalue weighted by atomic mass is 10.0. The van der Waals surface area contributed by atoms with Gasteiger partial charge >= 0.3 is 0 Å². The van der Waals surface area contributed by atoms with Gasteiger partial charge in [-0.25, -0.2) is 23.7 Å². The van der Waals surface area contributed by atoms with Crippen molar-refractivity contribution < 1.29 is 22.4 Å². The molecule has 0 saturated heterocycles. The average Bonchev–Trinajstić information content (AvgIpc) is 3.62. The van der Waals surface area contributed by atoms with Gasteiger partial charge in [0, 0.05) is 31.9 Å². The summed E-state index contributed by atoms with van der Waals surface area (Å²) in [4.78, 5) is 31.0. The lowest BCUT2D eigenvalue weighted by Crippen LogP contribution is -2.41. The Bertz CT molecular complexity index is 1560. The van der Waals surface area contributed by atoms with Crippen LogP contribution in [0.15, 0.2) is 45.8 Å². The highest BCUT2D eigenvalue weighted by Gasteiger charge is 2.41. The van der Waals surface area contributed by atoms with Crippen molar-refractivity contribution in [3.05, 3.63) is 71.2 Å². The number of hydrogen-bond donors (Lipinski definition) is 1. The van der Waals surface area contributed by atoms with Gasteiger partial charge in [0.1, 0.15) is 5.52 Å². The van der Waals surface area contributed by atoms with E-state index in [1.54, 1.807) is 19.3 Å². The maximum atomic E-state index is 13.9. The summed E-state index contributed by atoms with van der Waals surface area (Å²) in [6, 6.07) is 4.73. The Morgan fingerprint density at radius 2 is 2.11 bits per heavy atom. The third-order valence-electron chi connectivity index (χ3n) is 5.99. The van der Waals surface area contributed by atoms with Gasteiger partial charge < -0.3 is 18.7 Å². The summed E-state index contributed by atoms with van der Waals surface area (Å²) in [5, 5.41) is 4.01. The molecule has 1 N–H and O–H groups in total. The first-order chi connectivity index (χ1) is 16.9. The molecule has 4 aromatic heterocycles. The summed E-state index contributed by atoms with van der Waals surface area (Å²) in [6.07, 6.45) is 1.95. The van der Waals surface area contributed by atoms with E-state index < -0.39 is 29.8 Å². The highest BCUT2D eigenvalue weighted by Crippen LogP contribution is 2.37. The minimum atomic E-state index is -3.01. The standard InChI is InChI=1S/C23H19F2N7O3/c1-11-3-4-15-14(7-11)29-22(34-15)18-16-13(26-10-27-16)5-6-32(18)23(33)19-17(20(24)25)30-21(35-19)12-8-28-31(2)9-12/h3-4,7-10,18,20H,5-6H2,1-2H3,(H,26,27)/t18-/m0/s1. The number of alkyl halides is 2. The molecule has 0 spiro atoms. The zero-order chi connectivity index (χ0) is 24.3. The average molecular weight is 479 g/mol. The lowest BCUT2D eigenvalue weighted by Gasteiger charge is -2.32. The first kappa shape index (κ1) is 21.2. The molecule has 1 aromatic carbocycles. The zero-order valence-electron chi connectivity index (χ0n) is 18.7. The lowest BCUT2D eigenvalue weighted by molar-refractivity contribution is 0.0621. The Morgan fingerprint density at radius 1 is 1.26 bits per heavy atom. The second-order valence-corrected chi connectivity index (χ2v) is 8.38. The summed E-state index contributed by atoms with van der Waals surface area (Å²) in [7, 11) is 1.67. The second-order valence-electron chi connectivity index (χ2n) is 8.38. The van der Waals surface area contributed by atoms with Gasteiger partial charge in [0.2, 0.25) is 17.5 Å². The van der Waals surface area contributed by atoms with E-state index in [0.29, 0.717) is 28.8 Å². The number of carbonyl (C=O) groups is 1. The van der Waals surface area contributed by atoms with Crippen molar-refractivity contribution in [2.45, 2.75) is 25.8 Å². The topological polar surface area (TPSA) is 119 Å². The van der Waals surface area contributed by atoms with Crippen molar-refractivity contribution in [3.8, 4) is 11.5 Å². The van der Waals surface area contributed by atoms with Crippen LogP contribution in [0.25, 0.3) is 22.6 Å². The van der Waals surface area contributed by atoms with Gasteiger partial charge in [0.25, 0.3) is 12.3 Å². The minimum Gasteiger partial charge on any atom is -0.438 e. The molecule has 0 saturated carbocycles. The Morgan fingerprint density at radius 3 is 2.89 bits per heavy atom. The summed E-state index contributed by atoms with van der Waals surface area (Å²) >= 11 is 0. The molecule has 12 heteroatoms. The molecule has 0 aliphatic carbocycles. The number of halogens is 2. The van der Waals surface area contributed by atoms with Crippen LogP contribution in [0, 0.1) is 6.92 Å². The highest BCUT2D eigenvalue weighted by molar-refractivity contribution is 5.93. The number of carbonyl (C=O) groups excluding carboxylic acids is 1. The van der Waals surface area contributed by atoms with Crippen LogP contribution in [0.1, 0.15) is 51.6 Å². The van der Waals surface area contributed by atoms with Crippen LogP contribution in [0.4, 0.5) is 8.78 Å². The molecule has 0 unspecified atom stereocenters. The van der Waals surface area contributed by atoms with Gasteiger partial charge in [-0.15, -0.1) is 0 Å². The number of nitrogens with zero attached hydrogens (tertiary/aromatic N) is 6. The number of rotatable bonds is 4. The Balaban J connectivity index is 1.45. The minimum absolute atomic E-state index is 0.108.